The first-order valence-electron chi connectivity index (χ1n) is 6.16. The Morgan fingerprint density at radius 1 is 1.19 bits per heavy atom. The highest BCUT2D eigenvalue weighted by Crippen LogP contribution is 2.22. The molecule has 110 valence electrons. The first-order chi connectivity index (χ1) is 10.1. The Hall–Kier alpha value is -2.76. The van der Waals surface area contributed by atoms with E-state index < -0.39 is 5.97 Å². The van der Waals surface area contributed by atoms with E-state index >= 15 is 0 Å². The second-order valence-corrected chi connectivity index (χ2v) is 4.11. The van der Waals surface area contributed by atoms with Crippen LogP contribution in [0.4, 0.5) is 0 Å². The zero-order valence-corrected chi connectivity index (χ0v) is 11.7. The largest absolute Gasteiger partial charge is 0.545 e. The SMILES string of the molecule is COc1cc(COc2ccccc2C(=O)[O-])nc(OC)c1. The molecule has 6 nitrogen and oxygen atoms in total. The number of pyridine rings is 1. The monoisotopic (exact) mass is 288 g/mol. The number of nitrogens with zero attached hydrogens (tertiary/aromatic N) is 1. The Bertz CT molecular complexity index is 619. The molecule has 1 heterocycles. The van der Waals surface area contributed by atoms with Gasteiger partial charge in [0.05, 0.1) is 25.9 Å². The van der Waals surface area contributed by atoms with Crippen molar-refractivity contribution in [2.75, 3.05) is 14.2 Å². The van der Waals surface area contributed by atoms with Gasteiger partial charge in [0.25, 0.3) is 0 Å². The Morgan fingerprint density at radius 3 is 2.62 bits per heavy atom. The molecule has 0 fully saturated rings. The molecule has 0 saturated carbocycles. The zero-order chi connectivity index (χ0) is 15.2. The van der Waals surface area contributed by atoms with Gasteiger partial charge >= 0.3 is 0 Å². The van der Waals surface area contributed by atoms with Gasteiger partial charge in [0.1, 0.15) is 18.1 Å². The number of carbonyl (C=O) groups excluding carboxylic acids is 1. The quantitative estimate of drug-likeness (QED) is 0.790. The Labute approximate surface area is 121 Å². The van der Waals surface area contributed by atoms with E-state index in [-0.39, 0.29) is 17.9 Å². The highest BCUT2D eigenvalue weighted by molar-refractivity contribution is 5.89. The molecule has 0 atom stereocenters. The minimum absolute atomic E-state index is 0.00707. The lowest BCUT2D eigenvalue weighted by Gasteiger charge is -2.12. The summed E-state index contributed by atoms with van der Waals surface area (Å²) in [6.45, 7) is 0.0812. The van der Waals surface area contributed by atoms with Gasteiger partial charge in [0.2, 0.25) is 5.88 Å². The van der Waals surface area contributed by atoms with E-state index in [0.29, 0.717) is 17.3 Å². The number of aromatic carboxylic acids is 1. The number of aromatic nitrogens is 1. The summed E-state index contributed by atoms with van der Waals surface area (Å²) in [5.74, 6) is -0.0994. The number of benzene rings is 1. The van der Waals surface area contributed by atoms with Crippen LogP contribution in [0.2, 0.25) is 0 Å². The van der Waals surface area contributed by atoms with E-state index in [1.807, 2.05) is 0 Å². The predicted molar refractivity (Wildman–Crippen MR) is 72.4 cm³/mol. The third-order valence-corrected chi connectivity index (χ3v) is 2.76. The number of hydrogen-bond donors (Lipinski definition) is 0. The lowest BCUT2D eigenvalue weighted by Crippen LogP contribution is -2.23. The van der Waals surface area contributed by atoms with Crippen LogP contribution in [-0.4, -0.2) is 25.2 Å². The number of ether oxygens (including phenoxy) is 3. The fourth-order valence-corrected chi connectivity index (χ4v) is 1.74. The normalized spacial score (nSPS) is 10.0. The highest BCUT2D eigenvalue weighted by atomic mass is 16.5. The zero-order valence-electron chi connectivity index (χ0n) is 11.7. The van der Waals surface area contributed by atoms with Crippen LogP contribution >= 0.6 is 0 Å². The molecule has 0 aliphatic carbocycles. The molecule has 0 N–H and O–H groups in total. The molecule has 0 aliphatic heterocycles. The van der Waals surface area contributed by atoms with Crippen molar-refractivity contribution in [2.45, 2.75) is 6.61 Å². The average molecular weight is 288 g/mol. The highest BCUT2D eigenvalue weighted by Gasteiger charge is 2.07. The van der Waals surface area contributed by atoms with Gasteiger partial charge in [-0.3, -0.25) is 0 Å². The van der Waals surface area contributed by atoms with Gasteiger partial charge in [-0.1, -0.05) is 12.1 Å². The Balaban J connectivity index is 2.18. The van der Waals surface area contributed by atoms with Crippen LogP contribution in [0.3, 0.4) is 0 Å². The molecule has 0 radical (unpaired) electrons. The second-order valence-electron chi connectivity index (χ2n) is 4.11. The van der Waals surface area contributed by atoms with E-state index in [0.717, 1.165) is 0 Å². The smallest absolute Gasteiger partial charge is 0.217 e. The molecule has 0 amide bonds. The number of carboxylic acid groups (broad SMARTS) is 1. The third-order valence-electron chi connectivity index (χ3n) is 2.76. The molecular formula is C15H14NO5-. The standard InChI is InChI=1S/C15H15NO5/c1-19-11-7-10(16-14(8-11)20-2)9-21-13-6-4-3-5-12(13)15(17)18/h3-8H,9H2,1-2H3,(H,17,18)/p-1. The molecule has 6 heteroatoms. The van der Waals surface area contributed by atoms with Gasteiger partial charge in [-0.2, -0.15) is 0 Å². The van der Waals surface area contributed by atoms with Crippen molar-refractivity contribution in [1.29, 1.82) is 0 Å². The van der Waals surface area contributed by atoms with E-state index in [9.17, 15) is 9.90 Å². The lowest BCUT2D eigenvalue weighted by atomic mass is 10.2. The molecule has 21 heavy (non-hydrogen) atoms. The number of hydrogen-bond acceptors (Lipinski definition) is 6. The maximum Gasteiger partial charge on any atom is 0.217 e. The van der Waals surface area contributed by atoms with Crippen LogP contribution in [0.25, 0.3) is 0 Å². The first-order valence-corrected chi connectivity index (χ1v) is 6.16. The van der Waals surface area contributed by atoms with Crippen molar-refractivity contribution < 1.29 is 24.1 Å². The van der Waals surface area contributed by atoms with Crippen molar-refractivity contribution in [3.8, 4) is 17.4 Å². The summed E-state index contributed by atoms with van der Waals surface area (Å²) >= 11 is 0. The Morgan fingerprint density at radius 2 is 1.95 bits per heavy atom. The topological polar surface area (TPSA) is 80.7 Å². The maximum absolute atomic E-state index is 11.0. The van der Waals surface area contributed by atoms with E-state index in [1.165, 1.54) is 20.3 Å². The summed E-state index contributed by atoms with van der Waals surface area (Å²) in [4.78, 5) is 15.2. The summed E-state index contributed by atoms with van der Waals surface area (Å²) in [6, 6.07) is 9.59. The number of carboxylic acids is 1. The van der Waals surface area contributed by atoms with Crippen molar-refractivity contribution in [1.82, 2.24) is 4.98 Å². The summed E-state index contributed by atoms with van der Waals surface area (Å²) in [5, 5.41) is 11.0. The van der Waals surface area contributed by atoms with Gasteiger partial charge in [0, 0.05) is 17.7 Å². The van der Waals surface area contributed by atoms with Crippen molar-refractivity contribution in [3.63, 3.8) is 0 Å². The minimum Gasteiger partial charge on any atom is -0.545 e. The predicted octanol–water partition coefficient (Wildman–Crippen LogP) is 1.04. The van der Waals surface area contributed by atoms with E-state index in [1.54, 1.807) is 30.3 Å². The number of carbonyl (C=O) groups is 1. The molecule has 1 aromatic carbocycles. The lowest BCUT2D eigenvalue weighted by molar-refractivity contribution is -0.255. The fourth-order valence-electron chi connectivity index (χ4n) is 1.74. The summed E-state index contributed by atoms with van der Waals surface area (Å²) in [7, 11) is 3.03. The molecule has 2 rings (SSSR count). The molecule has 0 bridgehead atoms. The van der Waals surface area contributed by atoms with E-state index in [2.05, 4.69) is 4.98 Å². The van der Waals surface area contributed by atoms with Gasteiger partial charge in [-0.25, -0.2) is 4.98 Å². The van der Waals surface area contributed by atoms with Crippen molar-refractivity contribution in [3.05, 3.63) is 47.7 Å². The molecule has 2 aromatic rings. The molecule has 0 saturated heterocycles. The van der Waals surface area contributed by atoms with Crippen molar-refractivity contribution in [2.24, 2.45) is 0 Å². The second kappa shape index (κ2) is 6.60. The van der Waals surface area contributed by atoms with Crippen LogP contribution in [0, 0.1) is 0 Å². The van der Waals surface area contributed by atoms with Crippen LogP contribution in [0.1, 0.15) is 16.1 Å². The fraction of sp³-hybridized carbons (Fsp3) is 0.200. The van der Waals surface area contributed by atoms with Crippen LogP contribution < -0.4 is 19.3 Å². The van der Waals surface area contributed by atoms with Crippen LogP contribution in [0.15, 0.2) is 36.4 Å². The third kappa shape index (κ3) is 3.62. The average Bonchev–Trinajstić information content (AvgIpc) is 2.52. The summed E-state index contributed by atoms with van der Waals surface area (Å²) < 4.78 is 15.7. The maximum atomic E-state index is 11.0. The van der Waals surface area contributed by atoms with Crippen LogP contribution in [-0.2, 0) is 6.61 Å². The number of rotatable bonds is 6. The summed E-state index contributed by atoms with van der Waals surface area (Å²) in [5.41, 5.74) is 0.548. The molecule has 1 aromatic heterocycles. The molecular weight excluding hydrogens is 274 g/mol. The van der Waals surface area contributed by atoms with Gasteiger partial charge in [0.15, 0.2) is 0 Å². The van der Waals surface area contributed by atoms with Gasteiger partial charge in [-0.05, 0) is 12.1 Å². The Kier molecular flexibility index (Phi) is 4.61. The van der Waals surface area contributed by atoms with E-state index in [4.69, 9.17) is 14.2 Å². The minimum atomic E-state index is -1.29. The van der Waals surface area contributed by atoms with Crippen molar-refractivity contribution >= 4 is 5.97 Å². The molecule has 0 spiro atoms. The number of methoxy groups -OCH3 is 2. The molecule has 0 unspecified atom stereocenters. The summed E-state index contributed by atoms with van der Waals surface area (Å²) in [6.07, 6.45) is 0. The number of para-hydroxylation sites is 1. The van der Waals surface area contributed by atoms with Crippen LogP contribution in [0.5, 0.6) is 17.4 Å². The first kappa shape index (κ1) is 14.6. The molecule has 0 aliphatic rings. The van der Waals surface area contributed by atoms with Gasteiger partial charge < -0.3 is 24.1 Å². The van der Waals surface area contributed by atoms with Gasteiger partial charge in [-0.15, -0.1) is 0 Å².